The summed E-state index contributed by atoms with van der Waals surface area (Å²) in [5.74, 6) is -1.08. The van der Waals surface area contributed by atoms with Crippen molar-refractivity contribution in [3.05, 3.63) is 65.7 Å². The second kappa shape index (κ2) is 10.7. The zero-order chi connectivity index (χ0) is 22.1. The Morgan fingerprint density at radius 3 is 2.30 bits per heavy atom. The summed E-state index contributed by atoms with van der Waals surface area (Å²) in [6.45, 7) is 3.30. The Morgan fingerprint density at radius 2 is 1.70 bits per heavy atom. The predicted octanol–water partition coefficient (Wildman–Crippen LogP) is 3.25. The van der Waals surface area contributed by atoms with Crippen molar-refractivity contribution < 1.29 is 32.0 Å². The highest BCUT2D eigenvalue weighted by molar-refractivity contribution is 7.86. The van der Waals surface area contributed by atoms with Gasteiger partial charge in [-0.1, -0.05) is 48.0 Å². The van der Waals surface area contributed by atoms with E-state index >= 15 is 0 Å². The molecule has 0 saturated heterocycles. The molecule has 9 heteroatoms. The van der Waals surface area contributed by atoms with Crippen LogP contribution in [-0.2, 0) is 30.4 Å². The van der Waals surface area contributed by atoms with Gasteiger partial charge in [-0.25, -0.2) is 4.79 Å². The van der Waals surface area contributed by atoms with Gasteiger partial charge in [0.15, 0.2) is 0 Å². The van der Waals surface area contributed by atoms with Gasteiger partial charge in [0.1, 0.15) is 6.61 Å². The van der Waals surface area contributed by atoms with Gasteiger partial charge in [0.05, 0.1) is 17.0 Å². The van der Waals surface area contributed by atoms with Crippen molar-refractivity contribution in [3.63, 3.8) is 0 Å². The van der Waals surface area contributed by atoms with Gasteiger partial charge in [0, 0.05) is 6.42 Å². The Bertz CT molecular complexity index is 943. The molecule has 0 aromatic heterocycles. The van der Waals surface area contributed by atoms with Gasteiger partial charge in [0.25, 0.3) is 10.1 Å². The van der Waals surface area contributed by atoms with Crippen molar-refractivity contribution >= 4 is 22.2 Å². The van der Waals surface area contributed by atoms with Gasteiger partial charge in [-0.15, -0.1) is 0 Å². The fourth-order valence-electron chi connectivity index (χ4n) is 2.65. The molecule has 0 fully saturated rings. The smallest absolute Gasteiger partial charge is 0.407 e. The molecule has 30 heavy (non-hydrogen) atoms. The number of carboxylic acid groups (broad SMARTS) is 1. The van der Waals surface area contributed by atoms with E-state index < -0.39 is 34.3 Å². The number of carboxylic acids is 1. The molecule has 1 unspecified atom stereocenters. The number of amides is 1. The van der Waals surface area contributed by atoms with Crippen LogP contribution in [0.25, 0.3) is 0 Å². The molecule has 0 aliphatic rings. The topological polar surface area (TPSA) is 119 Å². The number of carbonyl (C=O) groups excluding carboxylic acids is 1. The fraction of sp³-hybridized carbons (Fsp3) is 0.333. The quantitative estimate of drug-likeness (QED) is 0.550. The number of rotatable bonds is 10. The van der Waals surface area contributed by atoms with Gasteiger partial charge in [-0.05, 0) is 38.0 Å². The maximum atomic E-state index is 12.5. The van der Waals surface area contributed by atoms with E-state index in [0.717, 1.165) is 11.1 Å². The van der Waals surface area contributed by atoms with Gasteiger partial charge in [-0.2, -0.15) is 8.42 Å². The van der Waals surface area contributed by atoms with Gasteiger partial charge >= 0.3 is 12.1 Å². The third-order valence-corrected chi connectivity index (χ3v) is 5.75. The molecule has 0 spiro atoms. The number of aliphatic carboxylic acids is 1. The first kappa shape index (κ1) is 23.4. The third kappa shape index (κ3) is 7.49. The third-order valence-electron chi connectivity index (χ3n) is 4.34. The van der Waals surface area contributed by atoms with E-state index in [1.165, 1.54) is 19.1 Å². The summed E-state index contributed by atoms with van der Waals surface area (Å²) < 4.78 is 35.4. The number of nitrogens with one attached hydrogen (secondary N) is 1. The highest BCUT2D eigenvalue weighted by Gasteiger charge is 2.27. The SMILES string of the molecule is Cc1ccc(S(=O)(=O)OC(C)[C@H](CCC(=O)O)NC(=O)OCc2ccccc2)cc1. The van der Waals surface area contributed by atoms with Gasteiger partial charge in [-0.3, -0.25) is 8.98 Å². The minimum absolute atomic E-state index is 0.0230. The van der Waals surface area contributed by atoms with Crippen LogP contribution in [0.1, 0.15) is 30.9 Å². The molecule has 2 aromatic carbocycles. The first-order valence-corrected chi connectivity index (χ1v) is 10.8. The lowest BCUT2D eigenvalue weighted by molar-refractivity contribution is -0.137. The molecular formula is C21H25NO7S. The van der Waals surface area contributed by atoms with Crippen LogP contribution in [0.15, 0.2) is 59.5 Å². The molecule has 2 aromatic rings. The number of ether oxygens (including phenoxy) is 1. The summed E-state index contributed by atoms with van der Waals surface area (Å²) in [6, 6.07) is 14.3. The molecule has 0 aliphatic carbocycles. The Hall–Kier alpha value is -2.91. The lowest BCUT2D eigenvalue weighted by Crippen LogP contribution is -2.44. The average molecular weight is 435 g/mol. The normalized spacial score (nSPS) is 13.3. The Labute approximate surface area is 176 Å². The summed E-state index contributed by atoms with van der Waals surface area (Å²) in [6.07, 6.45) is -2.11. The van der Waals surface area contributed by atoms with Crippen LogP contribution in [0.5, 0.6) is 0 Å². The molecule has 2 rings (SSSR count). The van der Waals surface area contributed by atoms with Crippen LogP contribution in [-0.4, -0.2) is 37.7 Å². The standard InChI is InChI=1S/C21H25NO7S/c1-15-8-10-18(11-9-15)30(26,27)29-16(2)19(12-13-20(23)24)22-21(25)28-14-17-6-4-3-5-7-17/h3-11,16,19H,12-14H2,1-2H3,(H,22,25)(H,23,24)/t16?,19-/m0/s1. The number of alkyl carbamates (subject to hydrolysis) is 1. The zero-order valence-corrected chi connectivity index (χ0v) is 17.6. The number of carbonyl (C=O) groups is 2. The Kier molecular flexibility index (Phi) is 8.37. The summed E-state index contributed by atoms with van der Waals surface area (Å²) in [5.41, 5.74) is 1.67. The van der Waals surface area contributed by atoms with E-state index in [0.29, 0.717) is 0 Å². The molecule has 2 atom stereocenters. The van der Waals surface area contributed by atoms with E-state index in [9.17, 15) is 18.0 Å². The highest BCUT2D eigenvalue weighted by atomic mass is 32.2. The van der Waals surface area contributed by atoms with Crippen LogP contribution < -0.4 is 5.32 Å². The van der Waals surface area contributed by atoms with Crippen LogP contribution in [0.2, 0.25) is 0 Å². The molecule has 0 heterocycles. The second-order valence-corrected chi connectivity index (χ2v) is 8.39. The van der Waals surface area contributed by atoms with E-state index in [1.54, 1.807) is 36.4 Å². The van der Waals surface area contributed by atoms with E-state index in [4.69, 9.17) is 14.0 Å². The molecule has 0 bridgehead atoms. The van der Waals surface area contributed by atoms with Crippen LogP contribution in [0.4, 0.5) is 4.79 Å². The highest BCUT2D eigenvalue weighted by Crippen LogP contribution is 2.18. The van der Waals surface area contributed by atoms with E-state index in [1.807, 2.05) is 13.0 Å². The van der Waals surface area contributed by atoms with Gasteiger partial charge in [0.2, 0.25) is 0 Å². The molecule has 2 N–H and O–H groups in total. The lowest BCUT2D eigenvalue weighted by atomic mass is 10.1. The maximum absolute atomic E-state index is 12.5. The monoisotopic (exact) mass is 435 g/mol. The summed E-state index contributed by atoms with van der Waals surface area (Å²) in [4.78, 5) is 23.1. The zero-order valence-electron chi connectivity index (χ0n) is 16.8. The Balaban J connectivity index is 2.03. The second-order valence-electron chi connectivity index (χ2n) is 6.81. The summed E-state index contributed by atoms with van der Waals surface area (Å²) >= 11 is 0. The van der Waals surface area contributed by atoms with Crippen LogP contribution >= 0.6 is 0 Å². The minimum Gasteiger partial charge on any atom is -0.481 e. The number of aryl methyl sites for hydroxylation is 1. The van der Waals surface area contributed by atoms with Crippen molar-refractivity contribution in [1.29, 1.82) is 0 Å². The molecule has 0 aliphatic heterocycles. The molecule has 0 saturated carbocycles. The van der Waals surface area contributed by atoms with Crippen molar-refractivity contribution in [2.24, 2.45) is 0 Å². The first-order chi connectivity index (χ1) is 14.2. The lowest BCUT2D eigenvalue weighted by Gasteiger charge is -2.24. The largest absolute Gasteiger partial charge is 0.481 e. The van der Waals surface area contributed by atoms with Crippen LogP contribution in [0, 0.1) is 6.92 Å². The molecule has 162 valence electrons. The van der Waals surface area contributed by atoms with E-state index in [2.05, 4.69) is 5.32 Å². The Morgan fingerprint density at radius 1 is 1.07 bits per heavy atom. The maximum Gasteiger partial charge on any atom is 0.407 e. The van der Waals surface area contributed by atoms with Crippen LogP contribution in [0.3, 0.4) is 0 Å². The summed E-state index contributed by atoms with van der Waals surface area (Å²) in [5, 5.41) is 11.5. The van der Waals surface area contributed by atoms with Gasteiger partial charge < -0.3 is 15.2 Å². The summed E-state index contributed by atoms with van der Waals surface area (Å²) in [7, 11) is -4.09. The molecule has 1 amide bonds. The fourth-order valence-corrected chi connectivity index (χ4v) is 3.76. The minimum atomic E-state index is -4.09. The van der Waals surface area contributed by atoms with E-state index in [-0.39, 0.29) is 24.3 Å². The van der Waals surface area contributed by atoms with Crippen molar-refractivity contribution in [1.82, 2.24) is 5.32 Å². The van der Waals surface area contributed by atoms with Crippen molar-refractivity contribution in [2.45, 2.75) is 50.3 Å². The van der Waals surface area contributed by atoms with Crippen molar-refractivity contribution in [2.75, 3.05) is 0 Å². The number of hydrogen-bond acceptors (Lipinski definition) is 6. The molecular weight excluding hydrogens is 410 g/mol. The first-order valence-electron chi connectivity index (χ1n) is 9.36. The van der Waals surface area contributed by atoms with Crippen molar-refractivity contribution in [3.8, 4) is 0 Å². The number of benzene rings is 2. The molecule has 8 nitrogen and oxygen atoms in total. The molecule has 0 radical (unpaired) electrons. The predicted molar refractivity (Wildman–Crippen MR) is 109 cm³/mol. The average Bonchev–Trinajstić information content (AvgIpc) is 2.70. The number of hydrogen-bond donors (Lipinski definition) is 2.